The first-order chi connectivity index (χ1) is 17.1. The normalized spacial score (nSPS) is 19.1. The maximum absolute atomic E-state index is 13.6. The van der Waals surface area contributed by atoms with Gasteiger partial charge in [-0.05, 0) is 41.0 Å². The lowest BCUT2D eigenvalue weighted by Gasteiger charge is -2.37. The molecule has 0 spiro atoms. The zero-order chi connectivity index (χ0) is 24.2. The van der Waals surface area contributed by atoms with E-state index in [0.29, 0.717) is 32.7 Å². The van der Waals surface area contributed by atoms with Crippen molar-refractivity contribution < 1.29 is 23.1 Å². The highest BCUT2D eigenvalue weighted by Crippen LogP contribution is 2.26. The summed E-state index contributed by atoms with van der Waals surface area (Å²) in [6.07, 6.45) is 1.88. The van der Waals surface area contributed by atoms with Crippen molar-refractivity contribution in [2.45, 2.75) is 25.0 Å². The number of hydrogen-bond donors (Lipinski definition) is 1. The zero-order valence-corrected chi connectivity index (χ0v) is 19.4. The third-order valence-corrected chi connectivity index (χ3v) is 6.75. The number of fused-ring (bicyclic) bond motifs is 1. The highest BCUT2D eigenvalue weighted by Gasteiger charge is 2.36. The number of halogens is 1. The molecule has 2 aliphatic heterocycles. The molecule has 0 bridgehead atoms. The van der Waals surface area contributed by atoms with E-state index in [1.54, 1.807) is 29.2 Å². The van der Waals surface area contributed by atoms with Crippen LogP contribution in [-0.2, 0) is 22.5 Å². The summed E-state index contributed by atoms with van der Waals surface area (Å²) in [6, 6.07) is 16.7. The van der Waals surface area contributed by atoms with E-state index in [1.165, 1.54) is 18.4 Å². The third-order valence-electron chi connectivity index (χ3n) is 6.75. The predicted octanol–water partition coefficient (Wildman–Crippen LogP) is 3.18. The molecule has 8 heteroatoms. The summed E-state index contributed by atoms with van der Waals surface area (Å²) >= 11 is 0. The molecule has 2 unspecified atom stereocenters. The number of morpholine rings is 1. The average molecular weight is 478 g/mol. The topological polar surface area (TPSA) is 75.0 Å². The van der Waals surface area contributed by atoms with Gasteiger partial charge in [0.15, 0.2) is 5.76 Å². The molecule has 2 aromatic carbocycles. The highest BCUT2D eigenvalue weighted by atomic mass is 19.1. The van der Waals surface area contributed by atoms with Crippen LogP contribution in [0.25, 0.3) is 0 Å². The maximum atomic E-state index is 13.6. The molecule has 0 aliphatic carbocycles. The number of hydrogen-bond acceptors (Lipinski definition) is 5. The Labute approximate surface area is 203 Å². The molecule has 0 radical (unpaired) electrons. The number of ether oxygens (including phenoxy) is 1. The number of benzene rings is 2. The molecule has 3 aromatic rings. The molecule has 5 rings (SSSR count). The van der Waals surface area contributed by atoms with Gasteiger partial charge in [-0.1, -0.05) is 36.4 Å². The van der Waals surface area contributed by atoms with Crippen LogP contribution in [0.3, 0.4) is 0 Å². The Morgan fingerprint density at radius 3 is 2.46 bits per heavy atom. The molecule has 3 heterocycles. The summed E-state index contributed by atoms with van der Waals surface area (Å²) in [7, 11) is 0. The molecule has 1 saturated heterocycles. The number of amides is 2. The van der Waals surface area contributed by atoms with Gasteiger partial charge in [0.1, 0.15) is 11.9 Å². The van der Waals surface area contributed by atoms with E-state index >= 15 is 0 Å². The summed E-state index contributed by atoms with van der Waals surface area (Å²) in [5.41, 5.74) is 3.00. The monoisotopic (exact) mass is 477 g/mol. The molecule has 182 valence electrons. The lowest BCUT2D eigenvalue weighted by atomic mass is 9.93. The van der Waals surface area contributed by atoms with E-state index in [4.69, 9.17) is 9.15 Å². The van der Waals surface area contributed by atoms with Gasteiger partial charge in [0.2, 0.25) is 5.91 Å². The number of rotatable bonds is 6. The Bertz CT molecular complexity index is 1160. The van der Waals surface area contributed by atoms with Crippen LogP contribution in [0.1, 0.15) is 33.3 Å². The molecule has 7 nitrogen and oxygen atoms in total. The van der Waals surface area contributed by atoms with Crippen LogP contribution in [0.15, 0.2) is 71.3 Å². The summed E-state index contributed by atoms with van der Waals surface area (Å²) < 4.78 is 24.4. The van der Waals surface area contributed by atoms with Gasteiger partial charge in [-0.25, -0.2) is 4.39 Å². The fraction of sp³-hybridized carbons (Fsp3) is 0.333. The van der Waals surface area contributed by atoms with Gasteiger partial charge in [0, 0.05) is 32.6 Å². The van der Waals surface area contributed by atoms with Crippen molar-refractivity contribution in [3.05, 3.63) is 95.2 Å². The molecule has 2 atom stereocenters. The van der Waals surface area contributed by atoms with Crippen LogP contribution in [0, 0.1) is 5.82 Å². The molecule has 1 aromatic heterocycles. The Morgan fingerprint density at radius 1 is 1.00 bits per heavy atom. The highest BCUT2D eigenvalue weighted by molar-refractivity contribution is 5.96. The van der Waals surface area contributed by atoms with Crippen LogP contribution in [0.5, 0.6) is 0 Å². The van der Waals surface area contributed by atoms with Crippen LogP contribution in [0.2, 0.25) is 0 Å². The first kappa shape index (κ1) is 23.3. The molecule has 1 fully saturated rings. The average Bonchev–Trinajstić information content (AvgIpc) is 3.44. The summed E-state index contributed by atoms with van der Waals surface area (Å²) in [4.78, 5) is 30.6. The van der Waals surface area contributed by atoms with Crippen LogP contribution in [0.4, 0.5) is 4.39 Å². The van der Waals surface area contributed by atoms with Gasteiger partial charge < -0.3 is 19.4 Å². The number of nitrogens with one attached hydrogen (secondary N) is 1. The Kier molecular flexibility index (Phi) is 6.92. The largest absolute Gasteiger partial charge is 0.459 e. The number of nitrogens with zero attached hydrogens (tertiary/aromatic N) is 2. The van der Waals surface area contributed by atoms with Gasteiger partial charge in [0.05, 0.1) is 25.5 Å². The molecular formula is C27H28FN3O4. The van der Waals surface area contributed by atoms with E-state index in [-0.39, 0.29) is 29.4 Å². The van der Waals surface area contributed by atoms with Crippen LogP contribution >= 0.6 is 0 Å². The smallest absolute Gasteiger partial charge is 0.290 e. The quantitative estimate of drug-likeness (QED) is 0.590. The van der Waals surface area contributed by atoms with Gasteiger partial charge >= 0.3 is 0 Å². The lowest BCUT2D eigenvalue weighted by Crippen LogP contribution is -2.54. The number of furan rings is 1. The standard InChI is InChI=1S/C27H28FN3O4/c28-22-9-7-19(8-10-22)24(30-11-14-34-15-12-30)17-29-26(32)23-16-20-4-1-2-5-21(20)18-31(23)27(33)25-6-3-13-35-25/h1-10,13,23-24H,11-12,14-18H2,(H,29,32). The van der Waals surface area contributed by atoms with Crippen molar-refractivity contribution in [1.82, 2.24) is 15.1 Å². The van der Waals surface area contributed by atoms with Gasteiger partial charge in [-0.15, -0.1) is 0 Å². The van der Waals surface area contributed by atoms with Crippen molar-refractivity contribution in [2.75, 3.05) is 32.8 Å². The van der Waals surface area contributed by atoms with Gasteiger partial charge in [-0.3, -0.25) is 14.5 Å². The first-order valence-electron chi connectivity index (χ1n) is 11.9. The van der Waals surface area contributed by atoms with E-state index in [2.05, 4.69) is 10.2 Å². The fourth-order valence-corrected chi connectivity index (χ4v) is 4.86. The minimum Gasteiger partial charge on any atom is -0.459 e. The van der Waals surface area contributed by atoms with E-state index < -0.39 is 6.04 Å². The summed E-state index contributed by atoms with van der Waals surface area (Å²) in [5, 5.41) is 3.08. The maximum Gasteiger partial charge on any atom is 0.290 e. The lowest BCUT2D eigenvalue weighted by molar-refractivity contribution is -0.126. The number of carbonyl (C=O) groups excluding carboxylic acids is 2. The Morgan fingerprint density at radius 2 is 1.74 bits per heavy atom. The number of carbonyl (C=O) groups is 2. The van der Waals surface area contributed by atoms with E-state index in [1.807, 2.05) is 24.3 Å². The molecular weight excluding hydrogens is 449 g/mol. The minimum absolute atomic E-state index is 0.131. The predicted molar refractivity (Wildman–Crippen MR) is 127 cm³/mol. The van der Waals surface area contributed by atoms with Crippen molar-refractivity contribution in [3.63, 3.8) is 0 Å². The second kappa shape index (κ2) is 10.4. The Balaban J connectivity index is 1.36. The van der Waals surface area contributed by atoms with Crippen molar-refractivity contribution in [2.24, 2.45) is 0 Å². The van der Waals surface area contributed by atoms with E-state index in [0.717, 1.165) is 29.8 Å². The minimum atomic E-state index is -0.666. The second-order valence-corrected chi connectivity index (χ2v) is 8.86. The van der Waals surface area contributed by atoms with Gasteiger partial charge in [0.25, 0.3) is 5.91 Å². The molecule has 2 amide bonds. The molecule has 35 heavy (non-hydrogen) atoms. The van der Waals surface area contributed by atoms with Crippen molar-refractivity contribution in [1.29, 1.82) is 0 Å². The zero-order valence-electron chi connectivity index (χ0n) is 19.4. The van der Waals surface area contributed by atoms with Crippen LogP contribution < -0.4 is 5.32 Å². The Hall–Kier alpha value is -3.49. The van der Waals surface area contributed by atoms with Crippen molar-refractivity contribution in [3.8, 4) is 0 Å². The molecule has 0 saturated carbocycles. The summed E-state index contributed by atoms with van der Waals surface area (Å²) in [5.74, 6) is -0.626. The van der Waals surface area contributed by atoms with Crippen LogP contribution in [-0.4, -0.2) is 60.5 Å². The van der Waals surface area contributed by atoms with E-state index in [9.17, 15) is 14.0 Å². The molecule has 1 N–H and O–H groups in total. The second-order valence-electron chi connectivity index (χ2n) is 8.86. The third kappa shape index (κ3) is 5.13. The molecule has 2 aliphatic rings. The first-order valence-corrected chi connectivity index (χ1v) is 11.9. The summed E-state index contributed by atoms with van der Waals surface area (Å²) in [6.45, 7) is 3.33. The fourth-order valence-electron chi connectivity index (χ4n) is 4.86. The SMILES string of the molecule is O=C(NCC(c1ccc(F)cc1)N1CCOCC1)C1Cc2ccccc2CN1C(=O)c1ccco1. The van der Waals surface area contributed by atoms with Gasteiger partial charge in [-0.2, -0.15) is 0 Å². The van der Waals surface area contributed by atoms with Crippen molar-refractivity contribution >= 4 is 11.8 Å².